The van der Waals surface area contributed by atoms with Crippen LogP contribution >= 0.6 is 11.6 Å². The van der Waals surface area contributed by atoms with Crippen LogP contribution in [0, 0.1) is 0 Å². The lowest BCUT2D eigenvalue weighted by Gasteiger charge is -2.17. The molecule has 0 aliphatic heterocycles. The number of hydrogen-bond acceptors (Lipinski definition) is 6. The Morgan fingerprint density at radius 2 is 1.07 bits per heavy atom. The number of carbonyl (C=O) groups is 4. The Bertz CT molecular complexity index is 761. The maximum absolute atomic E-state index is 12.1. The first-order chi connectivity index (χ1) is 12.8. The summed E-state index contributed by atoms with van der Waals surface area (Å²) in [5.74, 6) is -4.35. The molecule has 27 heavy (non-hydrogen) atoms. The van der Waals surface area contributed by atoms with Gasteiger partial charge in [0, 0.05) is 0 Å². The first-order valence-corrected chi connectivity index (χ1v) is 8.44. The summed E-state index contributed by atoms with van der Waals surface area (Å²) in [6.45, 7) is 1.00. The van der Waals surface area contributed by atoms with E-state index in [2.05, 4.69) is 9.47 Å². The lowest BCUT2D eigenvalue weighted by Crippen LogP contribution is -2.43. The van der Waals surface area contributed by atoms with Crippen LogP contribution in [0.2, 0.25) is 0 Å². The van der Waals surface area contributed by atoms with E-state index < -0.39 is 28.8 Å². The van der Waals surface area contributed by atoms with Crippen molar-refractivity contribution in [3.05, 3.63) is 71.8 Å². The van der Waals surface area contributed by atoms with E-state index >= 15 is 0 Å². The van der Waals surface area contributed by atoms with Crippen molar-refractivity contribution in [1.29, 1.82) is 0 Å². The Labute approximate surface area is 161 Å². The molecule has 0 N–H and O–H groups in total. The monoisotopic (exact) mass is 388 g/mol. The fraction of sp³-hybridized carbons (Fsp3) is 0.200. The number of benzene rings is 2. The fourth-order valence-electron chi connectivity index (χ4n) is 2.08. The van der Waals surface area contributed by atoms with Crippen LogP contribution < -0.4 is 0 Å². The van der Waals surface area contributed by atoms with Gasteiger partial charge in [-0.25, -0.2) is 9.59 Å². The van der Waals surface area contributed by atoms with Crippen LogP contribution in [0.5, 0.6) is 0 Å². The van der Waals surface area contributed by atoms with Crippen molar-refractivity contribution in [1.82, 2.24) is 0 Å². The van der Waals surface area contributed by atoms with Gasteiger partial charge in [0.15, 0.2) is 0 Å². The molecule has 0 amide bonds. The molecule has 2 aromatic carbocycles. The standard InChI is InChI=1S/C20H17ClO6/c1-20(21,18(24)26-16(22)12-14-8-4-2-5-9-14)19(25)27-17(23)13-15-10-6-3-7-11-15/h2-11H,12-13H2,1H3. The summed E-state index contributed by atoms with van der Waals surface area (Å²) < 4.78 is 9.24. The highest BCUT2D eigenvalue weighted by Crippen LogP contribution is 2.20. The third-order valence-electron chi connectivity index (χ3n) is 3.56. The van der Waals surface area contributed by atoms with Gasteiger partial charge < -0.3 is 9.47 Å². The molecule has 6 nitrogen and oxygen atoms in total. The van der Waals surface area contributed by atoms with E-state index in [0.29, 0.717) is 11.1 Å². The molecule has 0 bridgehead atoms. The second kappa shape index (κ2) is 9.09. The molecule has 0 saturated heterocycles. The SMILES string of the molecule is CC(Cl)(C(=O)OC(=O)Cc1ccccc1)C(=O)OC(=O)Cc1ccccc1. The molecule has 0 fully saturated rings. The van der Waals surface area contributed by atoms with Gasteiger partial charge in [-0.1, -0.05) is 72.3 Å². The topological polar surface area (TPSA) is 86.7 Å². The predicted octanol–water partition coefficient (Wildman–Crippen LogP) is 2.61. The Morgan fingerprint density at radius 1 is 0.741 bits per heavy atom. The van der Waals surface area contributed by atoms with Crippen LogP contribution in [0.4, 0.5) is 0 Å². The van der Waals surface area contributed by atoms with Crippen molar-refractivity contribution in [3.8, 4) is 0 Å². The highest BCUT2D eigenvalue weighted by atomic mass is 35.5. The second-order valence-electron chi connectivity index (χ2n) is 5.85. The van der Waals surface area contributed by atoms with Gasteiger partial charge in [-0.15, -0.1) is 0 Å². The van der Waals surface area contributed by atoms with Gasteiger partial charge in [0.1, 0.15) is 0 Å². The number of hydrogen-bond donors (Lipinski definition) is 0. The van der Waals surface area contributed by atoms with Crippen molar-refractivity contribution in [3.63, 3.8) is 0 Å². The zero-order valence-corrected chi connectivity index (χ0v) is 15.3. The maximum atomic E-state index is 12.1. The largest absolute Gasteiger partial charge is 0.391 e. The minimum absolute atomic E-state index is 0.165. The zero-order valence-electron chi connectivity index (χ0n) is 14.5. The van der Waals surface area contributed by atoms with Crippen LogP contribution in [0.1, 0.15) is 18.1 Å². The quantitative estimate of drug-likeness (QED) is 0.429. The highest BCUT2D eigenvalue weighted by Gasteiger charge is 2.44. The van der Waals surface area contributed by atoms with Crippen LogP contribution in [0.3, 0.4) is 0 Å². The van der Waals surface area contributed by atoms with E-state index in [-0.39, 0.29) is 12.8 Å². The van der Waals surface area contributed by atoms with E-state index in [0.717, 1.165) is 6.92 Å². The van der Waals surface area contributed by atoms with Gasteiger partial charge in [0.05, 0.1) is 12.8 Å². The lowest BCUT2D eigenvalue weighted by atomic mass is 10.1. The van der Waals surface area contributed by atoms with E-state index in [4.69, 9.17) is 11.6 Å². The second-order valence-corrected chi connectivity index (χ2v) is 6.61. The van der Waals surface area contributed by atoms with E-state index in [1.54, 1.807) is 60.7 Å². The summed E-state index contributed by atoms with van der Waals surface area (Å²) in [4.78, 5) is 45.5. The van der Waals surface area contributed by atoms with Gasteiger partial charge in [-0.3, -0.25) is 9.59 Å². The number of alkyl halides is 1. The van der Waals surface area contributed by atoms with Crippen LogP contribution in [0.15, 0.2) is 60.7 Å². The van der Waals surface area contributed by atoms with Crippen molar-refractivity contribution < 1.29 is 28.7 Å². The smallest absolute Gasteiger partial charge is 0.346 e. The van der Waals surface area contributed by atoms with E-state index in [1.807, 2.05) is 0 Å². The van der Waals surface area contributed by atoms with Crippen molar-refractivity contribution >= 4 is 35.5 Å². The molecular formula is C20H17ClO6. The fourth-order valence-corrected chi connectivity index (χ4v) is 2.16. The summed E-state index contributed by atoms with van der Waals surface area (Å²) in [5.41, 5.74) is 1.26. The molecular weight excluding hydrogens is 372 g/mol. The number of rotatable bonds is 6. The molecule has 0 atom stereocenters. The number of carbonyl (C=O) groups excluding carboxylic acids is 4. The summed E-state index contributed by atoms with van der Waals surface area (Å²) in [7, 11) is 0. The van der Waals surface area contributed by atoms with Gasteiger partial charge in [0.2, 0.25) is 4.87 Å². The molecule has 7 heteroatoms. The van der Waals surface area contributed by atoms with Crippen molar-refractivity contribution in [2.75, 3.05) is 0 Å². The summed E-state index contributed by atoms with van der Waals surface area (Å²) in [6.07, 6.45) is -0.330. The maximum Gasteiger partial charge on any atom is 0.346 e. The van der Waals surface area contributed by atoms with Gasteiger partial charge in [-0.05, 0) is 18.1 Å². The minimum Gasteiger partial charge on any atom is -0.391 e. The lowest BCUT2D eigenvalue weighted by molar-refractivity contribution is -0.168. The number of esters is 4. The average molecular weight is 389 g/mol. The van der Waals surface area contributed by atoms with Gasteiger partial charge >= 0.3 is 23.9 Å². The van der Waals surface area contributed by atoms with Crippen LogP contribution in [-0.4, -0.2) is 28.8 Å². The molecule has 0 aliphatic rings. The normalized spacial score (nSPS) is 10.7. The summed E-state index contributed by atoms with van der Waals surface area (Å²) >= 11 is 5.88. The molecule has 0 aromatic heterocycles. The Balaban J connectivity index is 1.90. The van der Waals surface area contributed by atoms with Crippen molar-refractivity contribution in [2.45, 2.75) is 24.6 Å². The van der Waals surface area contributed by atoms with Gasteiger partial charge in [-0.2, -0.15) is 0 Å². The van der Waals surface area contributed by atoms with Crippen LogP contribution in [0.25, 0.3) is 0 Å². The average Bonchev–Trinajstić information content (AvgIpc) is 2.63. The number of ether oxygens (including phenoxy) is 2. The highest BCUT2D eigenvalue weighted by molar-refractivity contribution is 6.45. The molecule has 0 heterocycles. The molecule has 0 saturated carbocycles. The first-order valence-electron chi connectivity index (χ1n) is 8.06. The molecule has 140 valence electrons. The Morgan fingerprint density at radius 3 is 1.41 bits per heavy atom. The molecule has 0 radical (unpaired) electrons. The third-order valence-corrected chi connectivity index (χ3v) is 3.87. The third kappa shape index (κ3) is 6.04. The van der Waals surface area contributed by atoms with Crippen LogP contribution in [-0.2, 0) is 41.5 Å². The molecule has 0 unspecified atom stereocenters. The number of halogens is 1. The van der Waals surface area contributed by atoms with Crippen molar-refractivity contribution in [2.24, 2.45) is 0 Å². The molecule has 0 aliphatic carbocycles. The predicted molar refractivity (Wildman–Crippen MR) is 96.7 cm³/mol. The first kappa shape index (κ1) is 20.3. The van der Waals surface area contributed by atoms with E-state index in [1.165, 1.54) is 0 Å². The summed E-state index contributed by atoms with van der Waals surface area (Å²) in [6, 6.07) is 17.2. The Hall–Kier alpha value is -2.99. The molecule has 0 spiro atoms. The molecule has 2 aromatic rings. The molecule has 2 rings (SSSR count). The van der Waals surface area contributed by atoms with Gasteiger partial charge in [0.25, 0.3) is 0 Å². The zero-order chi connectivity index (χ0) is 19.9. The van der Waals surface area contributed by atoms with E-state index in [9.17, 15) is 19.2 Å². The summed E-state index contributed by atoms with van der Waals surface area (Å²) in [5, 5.41) is 0. The minimum atomic E-state index is -2.32. The Kier molecular flexibility index (Phi) is 6.85.